The number of carbonyl (C=O) groups excluding carboxylic acids is 2. The van der Waals surface area contributed by atoms with E-state index in [4.69, 9.17) is 9.47 Å². The van der Waals surface area contributed by atoms with Gasteiger partial charge in [-0.25, -0.2) is 4.98 Å². The van der Waals surface area contributed by atoms with Gasteiger partial charge < -0.3 is 9.47 Å². The summed E-state index contributed by atoms with van der Waals surface area (Å²) in [5, 5.41) is 2.06. The highest BCUT2D eigenvalue weighted by atomic mass is 32.1. The van der Waals surface area contributed by atoms with Gasteiger partial charge >= 0.3 is 0 Å². The zero-order chi connectivity index (χ0) is 23.3. The molecule has 0 unspecified atom stereocenters. The van der Waals surface area contributed by atoms with Crippen molar-refractivity contribution in [2.45, 2.75) is 0 Å². The molecule has 5 rings (SSSR count). The summed E-state index contributed by atoms with van der Waals surface area (Å²) in [6.45, 7) is 0.692. The van der Waals surface area contributed by atoms with E-state index >= 15 is 0 Å². The van der Waals surface area contributed by atoms with Crippen molar-refractivity contribution in [3.63, 3.8) is 0 Å². The van der Waals surface area contributed by atoms with Gasteiger partial charge in [0.25, 0.3) is 12.9 Å². The lowest BCUT2D eigenvalue weighted by Gasteiger charge is -2.09. The first-order valence-corrected chi connectivity index (χ1v) is 11.7. The minimum Gasteiger partial charge on any atom is -0.429 e. The monoisotopic (exact) mass is 485 g/mol. The van der Waals surface area contributed by atoms with Crippen molar-refractivity contribution >= 4 is 35.6 Å². The summed E-state index contributed by atoms with van der Waals surface area (Å²) in [4.78, 5) is 38.7. The maximum absolute atomic E-state index is 11.0. The van der Waals surface area contributed by atoms with Gasteiger partial charge in [-0.3, -0.25) is 19.6 Å². The quantitative estimate of drug-likeness (QED) is 0.259. The van der Waals surface area contributed by atoms with Crippen LogP contribution in [0.1, 0.15) is 0 Å². The van der Waals surface area contributed by atoms with Crippen molar-refractivity contribution in [2.24, 2.45) is 0 Å². The highest BCUT2D eigenvalue weighted by Crippen LogP contribution is 2.37. The van der Waals surface area contributed by atoms with Crippen molar-refractivity contribution in [1.29, 1.82) is 0 Å². The summed E-state index contributed by atoms with van der Waals surface area (Å²) in [5.74, 6) is 0.617. The Morgan fingerprint density at radius 1 is 0.676 bits per heavy atom. The normalized spacial score (nSPS) is 10.6. The maximum atomic E-state index is 11.0. The van der Waals surface area contributed by atoms with Gasteiger partial charge in [0.2, 0.25) is 0 Å². The van der Waals surface area contributed by atoms with Gasteiger partial charge in [-0.15, -0.1) is 22.7 Å². The van der Waals surface area contributed by atoms with Crippen LogP contribution in [0.25, 0.3) is 43.0 Å². The first kappa shape index (κ1) is 21.6. The topological polar surface area (TPSA) is 91.3 Å². The third kappa shape index (κ3) is 4.61. The summed E-state index contributed by atoms with van der Waals surface area (Å²) in [6, 6.07) is 18.6. The van der Waals surface area contributed by atoms with Crippen LogP contribution in [0.5, 0.6) is 11.5 Å². The van der Waals surface area contributed by atoms with Gasteiger partial charge in [0.1, 0.15) is 11.5 Å². The van der Waals surface area contributed by atoms with Crippen LogP contribution < -0.4 is 9.47 Å². The van der Waals surface area contributed by atoms with E-state index in [1.807, 2.05) is 18.2 Å². The molecule has 0 amide bonds. The fourth-order valence-electron chi connectivity index (χ4n) is 3.34. The van der Waals surface area contributed by atoms with E-state index in [2.05, 4.69) is 38.5 Å². The van der Waals surface area contributed by atoms with E-state index in [0.717, 1.165) is 10.4 Å². The Hall–Kier alpha value is -4.21. The number of hydrogen-bond acceptors (Lipinski definition) is 9. The van der Waals surface area contributed by atoms with Crippen LogP contribution in [0.15, 0.2) is 78.4 Å². The number of pyridine rings is 3. The lowest BCUT2D eigenvalue weighted by atomic mass is 10.1. The van der Waals surface area contributed by atoms with E-state index < -0.39 is 0 Å². The van der Waals surface area contributed by atoms with Crippen LogP contribution in [-0.4, -0.2) is 27.9 Å². The smallest absolute Gasteiger partial charge is 0.298 e. The molecule has 0 spiro atoms. The molecule has 5 aromatic rings. The van der Waals surface area contributed by atoms with Gasteiger partial charge in [0.15, 0.2) is 0 Å². The third-order valence-corrected chi connectivity index (χ3v) is 7.04. The maximum Gasteiger partial charge on any atom is 0.298 e. The summed E-state index contributed by atoms with van der Waals surface area (Å²) >= 11 is 3.41. The van der Waals surface area contributed by atoms with Crippen molar-refractivity contribution in [3.8, 4) is 54.5 Å². The number of hydrogen-bond donors (Lipinski definition) is 0. The molecule has 0 radical (unpaired) electrons. The predicted molar refractivity (Wildman–Crippen MR) is 131 cm³/mol. The molecule has 0 aromatic carbocycles. The van der Waals surface area contributed by atoms with Crippen molar-refractivity contribution < 1.29 is 19.1 Å². The molecule has 34 heavy (non-hydrogen) atoms. The summed E-state index contributed by atoms with van der Waals surface area (Å²) < 4.78 is 10.0. The van der Waals surface area contributed by atoms with Crippen LogP contribution in [0.2, 0.25) is 0 Å². The standard InChI is InChI=1S/C25H15N3O4S2/c29-14-31-17-6-8-27-20(11-17)22-13-18(32-15-30)12-21(28-22)19-10-16(5-7-26-19)23-3-4-25(34-23)24-2-1-9-33-24/h1-15H. The lowest BCUT2D eigenvalue weighted by molar-refractivity contribution is -0.121. The minimum atomic E-state index is 0.293. The zero-order valence-electron chi connectivity index (χ0n) is 17.5. The van der Waals surface area contributed by atoms with Gasteiger partial charge in [-0.2, -0.15) is 0 Å². The molecule has 0 saturated carbocycles. The largest absolute Gasteiger partial charge is 0.429 e. The first-order chi connectivity index (χ1) is 16.7. The summed E-state index contributed by atoms with van der Waals surface area (Å²) in [5.41, 5.74) is 3.01. The molecular formula is C25H15N3O4S2. The molecule has 166 valence electrons. The lowest BCUT2D eigenvalue weighted by Crippen LogP contribution is -1.97. The zero-order valence-corrected chi connectivity index (χ0v) is 19.1. The molecule has 9 heteroatoms. The Morgan fingerprint density at radius 3 is 2.09 bits per heavy atom. The van der Waals surface area contributed by atoms with Gasteiger partial charge in [-0.05, 0) is 47.3 Å². The highest BCUT2D eigenvalue weighted by Gasteiger charge is 2.13. The van der Waals surface area contributed by atoms with Crippen LogP contribution >= 0.6 is 22.7 Å². The van der Waals surface area contributed by atoms with Crippen molar-refractivity contribution in [2.75, 3.05) is 0 Å². The summed E-state index contributed by atoms with van der Waals surface area (Å²) in [7, 11) is 0. The molecule has 0 N–H and O–H groups in total. The van der Waals surface area contributed by atoms with Crippen molar-refractivity contribution in [1.82, 2.24) is 15.0 Å². The summed E-state index contributed by atoms with van der Waals surface area (Å²) in [6.07, 6.45) is 3.23. The average Bonchev–Trinajstić information content (AvgIpc) is 3.57. The van der Waals surface area contributed by atoms with E-state index in [1.165, 1.54) is 16.0 Å². The molecule has 0 bridgehead atoms. The molecule has 0 aliphatic rings. The Labute approximate surface area is 202 Å². The fourth-order valence-corrected chi connectivity index (χ4v) is 5.18. The third-order valence-electron chi connectivity index (χ3n) is 4.84. The fraction of sp³-hybridized carbons (Fsp3) is 0. The SMILES string of the molecule is O=COc1ccnc(-c2cc(OC=O)cc(-c3cc(-c4ccc(-c5cccs5)s4)ccn3)n2)c1. The van der Waals surface area contributed by atoms with Crippen LogP contribution in [0, 0.1) is 0 Å². The van der Waals surface area contributed by atoms with Gasteiger partial charge in [0.05, 0.1) is 22.8 Å². The minimum absolute atomic E-state index is 0.293. The van der Waals surface area contributed by atoms with E-state index in [9.17, 15) is 9.59 Å². The molecule has 5 heterocycles. The number of nitrogens with zero attached hydrogens (tertiary/aromatic N) is 3. The first-order valence-electron chi connectivity index (χ1n) is 10.0. The Bertz CT molecular complexity index is 1460. The molecule has 7 nitrogen and oxygen atoms in total. The second-order valence-electron chi connectivity index (χ2n) is 6.95. The molecule has 0 fully saturated rings. The van der Waals surface area contributed by atoms with E-state index in [-0.39, 0.29) is 0 Å². The number of thiophene rings is 2. The molecule has 0 aliphatic heterocycles. The van der Waals surface area contributed by atoms with Gasteiger partial charge in [-0.1, -0.05) is 6.07 Å². The highest BCUT2D eigenvalue weighted by molar-refractivity contribution is 7.23. The van der Waals surface area contributed by atoms with Crippen molar-refractivity contribution in [3.05, 3.63) is 78.4 Å². The second-order valence-corrected chi connectivity index (χ2v) is 8.98. The molecule has 0 aliphatic carbocycles. The Kier molecular flexibility index (Phi) is 6.19. The average molecular weight is 486 g/mol. The van der Waals surface area contributed by atoms with E-state index in [1.54, 1.807) is 53.1 Å². The number of aromatic nitrogens is 3. The van der Waals surface area contributed by atoms with Crippen LogP contribution in [0.4, 0.5) is 0 Å². The number of rotatable bonds is 8. The number of ether oxygens (including phenoxy) is 2. The second kappa shape index (κ2) is 9.74. The molecule has 0 atom stereocenters. The molecule has 5 aromatic heterocycles. The Morgan fingerprint density at radius 2 is 1.35 bits per heavy atom. The Balaban J connectivity index is 1.54. The van der Waals surface area contributed by atoms with Crippen LogP contribution in [-0.2, 0) is 9.59 Å². The predicted octanol–water partition coefficient (Wildman–Crippen LogP) is 5.73. The van der Waals surface area contributed by atoms with Gasteiger partial charge in [0, 0.05) is 45.2 Å². The van der Waals surface area contributed by atoms with Crippen LogP contribution in [0.3, 0.4) is 0 Å². The number of carbonyl (C=O) groups is 2. The molecule has 0 saturated heterocycles. The molecular weight excluding hydrogens is 470 g/mol. The van der Waals surface area contributed by atoms with E-state index in [0.29, 0.717) is 47.2 Å².